The fourth-order valence-electron chi connectivity index (χ4n) is 3.61. The minimum absolute atomic E-state index is 0.368. The van der Waals surface area contributed by atoms with E-state index in [1.165, 1.54) is 0 Å². The Morgan fingerprint density at radius 3 is 2.67 bits per heavy atom. The van der Waals surface area contributed by atoms with Crippen molar-refractivity contribution in [1.82, 2.24) is 14.9 Å². The van der Waals surface area contributed by atoms with Crippen molar-refractivity contribution in [3.63, 3.8) is 0 Å². The van der Waals surface area contributed by atoms with Crippen LogP contribution in [0.2, 0.25) is 10.0 Å². The van der Waals surface area contributed by atoms with Crippen LogP contribution in [0.5, 0.6) is 0 Å². The van der Waals surface area contributed by atoms with Gasteiger partial charge in [-0.15, -0.1) is 0 Å². The summed E-state index contributed by atoms with van der Waals surface area (Å²) >= 11 is 12.2. The molecule has 1 aromatic heterocycles. The minimum atomic E-state index is 0.368. The lowest BCUT2D eigenvalue weighted by molar-refractivity contribution is 0.122. The second kappa shape index (κ2) is 8.61. The Hall–Kier alpha value is -1.60. The lowest BCUT2D eigenvalue weighted by Crippen LogP contribution is -2.37. The van der Waals surface area contributed by atoms with E-state index in [0.717, 1.165) is 69.7 Å². The van der Waals surface area contributed by atoms with Crippen molar-refractivity contribution in [2.24, 2.45) is 0 Å². The monoisotopic (exact) mass is 407 g/mol. The van der Waals surface area contributed by atoms with Crippen LogP contribution in [-0.4, -0.2) is 60.3 Å². The van der Waals surface area contributed by atoms with Crippen LogP contribution in [0.4, 0.5) is 11.8 Å². The van der Waals surface area contributed by atoms with E-state index in [1.54, 1.807) is 6.07 Å². The molecule has 0 aliphatic carbocycles. The maximum absolute atomic E-state index is 6.11. The topological polar surface area (TPSA) is 53.5 Å². The van der Waals surface area contributed by atoms with Gasteiger partial charge in [-0.2, -0.15) is 4.98 Å². The lowest BCUT2D eigenvalue weighted by Gasteiger charge is -2.27. The summed E-state index contributed by atoms with van der Waals surface area (Å²) in [6, 6.07) is 8.03. The number of rotatable bonds is 5. The maximum atomic E-state index is 6.11. The second-order valence-corrected chi connectivity index (χ2v) is 7.86. The first-order valence-electron chi connectivity index (χ1n) is 9.25. The number of anilines is 2. The van der Waals surface area contributed by atoms with Crippen LogP contribution in [0.1, 0.15) is 12.0 Å². The fourth-order valence-corrected chi connectivity index (χ4v) is 4.18. The summed E-state index contributed by atoms with van der Waals surface area (Å²) < 4.78 is 5.40. The van der Waals surface area contributed by atoms with Crippen molar-refractivity contribution >= 4 is 35.0 Å². The van der Waals surface area contributed by atoms with Crippen molar-refractivity contribution in [1.29, 1.82) is 0 Å². The number of hydrogen-bond acceptors (Lipinski definition) is 6. The molecule has 3 heterocycles. The Morgan fingerprint density at radius 1 is 1.11 bits per heavy atom. The number of nitrogens with one attached hydrogen (secondary N) is 1. The molecule has 1 atom stereocenters. The standard InChI is InChI=1S/C19H23Cl2N5O/c20-15-9-14(10-16(21)11-15)12-25-4-2-17(13-25)23-18-1-3-22-19(24-18)26-5-7-27-8-6-26/h1,3,9-11,17H,2,4-8,12-13H2,(H,22,23,24). The summed E-state index contributed by atoms with van der Waals surface area (Å²) in [5.74, 6) is 1.65. The number of ether oxygens (including phenoxy) is 1. The van der Waals surface area contributed by atoms with Gasteiger partial charge in [0.25, 0.3) is 0 Å². The third-order valence-corrected chi connectivity index (χ3v) is 5.33. The van der Waals surface area contributed by atoms with Crippen molar-refractivity contribution in [3.05, 3.63) is 46.1 Å². The Labute approximate surface area is 169 Å². The van der Waals surface area contributed by atoms with E-state index in [4.69, 9.17) is 27.9 Å². The smallest absolute Gasteiger partial charge is 0.227 e. The molecule has 2 aliphatic heterocycles. The van der Waals surface area contributed by atoms with Gasteiger partial charge < -0.3 is 15.0 Å². The average Bonchev–Trinajstić information content (AvgIpc) is 3.08. The number of morpholine rings is 1. The highest BCUT2D eigenvalue weighted by atomic mass is 35.5. The van der Waals surface area contributed by atoms with Crippen LogP contribution in [-0.2, 0) is 11.3 Å². The van der Waals surface area contributed by atoms with Crippen molar-refractivity contribution in [2.75, 3.05) is 49.6 Å². The van der Waals surface area contributed by atoms with E-state index < -0.39 is 0 Å². The summed E-state index contributed by atoms with van der Waals surface area (Å²) in [6.45, 7) is 5.97. The van der Waals surface area contributed by atoms with Gasteiger partial charge in [-0.05, 0) is 36.2 Å². The molecule has 2 saturated heterocycles. The summed E-state index contributed by atoms with van der Waals surface area (Å²) in [5, 5.41) is 4.92. The molecule has 1 unspecified atom stereocenters. The van der Waals surface area contributed by atoms with Gasteiger partial charge in [0.1, 0.15) is 5.82 Å². The van der Waals surface area contributed by atoms with Crippen LogP contribution >= 0.6 is 23.2 Å². The Bertz CT molecular complexity index is 764. The third-order valence-electron chi connectivity index (χ3n) is 4.89. The van der Waals surface area contributed by atoms with Gasteiger partial charge in [-0.25, -0.2) is 4.98 Å². The number of benzene rings is 1. The molecule has 27 heavy (non-hydrogen) atoms. The van der Waals surface area contributed by atoms with Gasteiger partial charge in [0.15, 0.2) is 0 Å². The third kappa shape index (κ3) is 5.02. The van der Waals surface area contributed by atoms with Gasteiger partial charge in [-0.3, -0.25) is 4.90 Å². The van der Waals surface area contributed by atoms with E-state index in [2.05, 4.69) is 25.1 Å². The number of nitrogens with zero attached hydrogens (tertiary/aromatic N) is 4. The quantitative estimate of drug-likeness (QED) is 0.820. The second-order valence-electron chi connectivity index (χ2n) is 6.98. The van der Waals surface area contributed by atoms with E-state index in [1.807, 2.05) is 24.4 Å². The zero-order valence-electron chi connectivity index (χ0n) is 15.1. The highest BCUT2D eigenvalue weighted by Gasteiger charge is 2.23. The minimum Gasteiger partial charge on any atom is -0.378 e. The average molecular weight is 408 g/mol. The van der Waals surface area contributed by atoms with Crippen LogP contribution in [0.25, 0.3) is 0 Å². The summed E-state index contributed by atoms with van der Waals surface area (Å²) in [6.07, 6.45) is 2.89. The van der Waals surface area contributed by atoms with Crippen LogP contribution in [0.3, 0.4) is 0 Å². The number of hydrogen-bond donors (Lipinski definition) is 1. The molecular weight excluding hydrogens is 385 g/mol. The van der Waals surface area contributed by atoms with Gasteiger partial charge in [0.05, 0.1) is 13.2 Å². The first kappa shape index (κ1) is 18.7. The van der Waals surface area contributed by atoms with Crippen LogP contribution in [0.15, 0.2) is 30.5 Å². The highest BCUT2D eigenvalue weighted by molar-refractivity contribution is 6.34. The number of halogens is 2. The predicted octanol–water partition coefficient (Wildman–Crippen LogP) is 3.31. The van der Waals surface area contributed by atoms with Crippen molar-refractivity contribution in [2.45, 2.75) is 19.0 Å². The molecular formula is C19H23Cl2N5O. The zero-order chi connectivity index (χ0) is 18.6. The molecule has 2 aliphatic rings. The van der Waals surface area contributed by atoms with Crippen molar-refractivity contribution in [3.8, 4) is 0 Å². The normalized spacial score (nSPS) is 20.8. The molecule has 0 amide bonds. The summed E-state index contributed by atoms with van der Waals surface area (Å²) in [7, 11) is 0. The van der Waals surface area contributed by atoms with Crippen molar-refractivity contribution < 1.29 is 4.74 Å². The number of aromatic nitrogens is 2. The molecule has 4 rings (SSSR count). The summed E-state index contributed by atoms with van der Waals surface area (Å²) in [5.41, 5.74) is 1.14. The molecule has 1 N–H and O–H groups in total. The van der Waals surface area contributed by atoms with Crippen LogP contribution < -0.4 is 10.2 Å². The Kier molecular flexibility index (Phi) is 5.98. The highest BCUT2D eigenvalue weighted by Crippen LogP contribution is 2.23. The molecule has 6 nitrogen and oxygen atoms in total. The molecule has 2 fully saturated rings. The molecule has 0 spiro atoms. The lowest BCUT2D eigenvalue weighted by atomic mass is 10.2. The van der Waals surface area contributed by atoms with E-state index in [9.17, 15) is 0 Å². The Morgan fingerprint density at radius 2 is 1.89 bits per heavy atom. The molecule has 0 saturated carbocycles. The fraction of sp³-hybridized carbons (Fsp3) is 0.474. The first-order chi connectivity index (χ1) is 13.2. The largest absolute Gasteiger partial charge is 0.378 e. The molecule has 0 bridgehead atoms. The number of likely N-dealkylation sites (tertiary alicyclic amines) is 1. The van der Waals surface area contributed by atoms with Gasteiger partial charge in [-0.1, -0.05) is 23.2 Å². The SMILES string of the molecule is Clc1cc(Cl)cc(CN2CCC(Nc3ccnc(N4CCOCC4)n3)C2)c1. The van der Waals surface area contributed by atoms with E-state index >= 15 is 0 Å². The first-order valence-corrected chi connectivity index (χ1v) is 10.0. The van der Waals surface area contributed by atoms with E-state index in [0.29, 0.717) is 16.1 Å². The summed E-state index contributed by atoms with van der Waals surface area (Å²) in [4.78, 5) is 13.7. The zero-order valence-corrected chi connectivity index (χ0v) is 16.6. The molecule has 1 aromatic carbocycles. The van der Waals surface area contributed by atoms with Crippen LogP contribution in [0, 0.1) is 0 Å². The maximum Gasteiger partial charge on any atom is 0.227 e. The van der Waals surface area contributed by atoms with Gasteiger partial charge in [0.2, 0.25) is 5.95 Å². The van der Waals surface area contributed by atoms with Gasteiger partial charge in [0, 0.05) is 55.0 Å². The predicted molar refractivity (Wildman–Crippen MR) is 109 cm³/mol. The van der Waals surface area contributed by atoms with Gasteiger partial charge >= 0.3 is 0 Å². The molecule has 0 radical (unpaired) electrons. The van der Waals surface area contributed by atoms with E-state index in [-0.39, 0.29) is 0 Å². The molecule has 2 aromatic rings. The molecule has 8 heteroatoms. The Balaban J connectivity index is 1.34. The molecule has 144 valence electrons.